The Morgan fingerprint density at radius 3 is 2.46 bits per heavy atom. The van der Waals surface area contributed by atoms with Crippen molar-refractivity contribution in [2.24, 2.45) is 0 Å². The maximum absolute atomic E-state index is 12.2. The number of benzene rings is 2. The number of sulfonamides is 1. The topological polar surface area (TPSA) is 89.9 Å². The SMILES string of the molecule is CN(C)S(=O)(=O)c1ccc(C2CNCCc3c2cc(O)c(O)c3Cl)cc1. The van der Waals surface area contributed by atoms with E-state index in [0.29, 0.717) is 19.5 Å². The van der Waals surface area contributed by atoms with Crippen molar-refractivity contribution in [3.05, 3.63) is 52.0 Å². The van der Waals surface area contributed by atoms with Crippen LogP contribution in [0, 0.1) is 0 Å². The summed E-state index contributed by atoms with van der Waals surface area (Å²) < 4.78 is 25.6. The lowest BCUT2D eigenvalue weighted by molar-refractivity contribution is 0.402. The normalized spacial score (nSPS) is 17.8. The molecule has 0 aromatic heterocycles. The molecule has 0 spiro atoms. The number of phenols is 2. The van der Waals surface area contributed by atoms with Gasteiger partial charge in [0.25, 0.3) is 0 Å². The van der Waals surface area contributed by atoms with Crippen LogP contribution in [0.5, 0.6) is 11.5 Å². The molecule has 8 heteroatoms. The Bertz CT molecular complexity index is 927. The van der Waals surface area contributed by atoms with Crippen LogP contribution in [0.2, 0.25) is 5.02 Å². The van der Waals surface area contributed by atoms with E-state index >= 15 is 0 Å². The molecular weight excluding hydrogens is 376 g/mol. The van der Waals surface area contributed by atoms with Gasteiger partial charge in [-0.25, -0.2) is 12.7 Å². The molecule has 1 heterocycles. The van der Waals surface area contributed by atoms with E-state index in [2.05, 4.69) is 5.32 Å². The van der Waals surface area contributed by atoms with Gasteiger partial charge in [-0.2, -0.15) is 0 Å². The number of aromatic hydroxyl groups is 2. The van der Waals surface area contributed by atoms with Crippen molar-refractivity contribution < 1.29 is 18.6 Å². The molecule has 6 nitrogen and oxygen atoms in total. The van der Waals surface area contributed by atoms with Gasteiger partial charge in [-0.3, -0.25) is 0 Å². The molecule has 0 aliphatic carbocycles. The first-order valence-corrected chi connectivity index (χ1v) is 10.0. The summed E-state index contributed by atoms with van der Waals surface area (Å²) in [6.07, 6.45) is 0.631. The Kier molecular flexibility index (Phi) is 5.16. The van der Waals surface area contributed by atoms with Gasteiger partial charge in [-0.15, -0.1) is 0 Å². The van der Waals surface area contributed by atoms with Crippen LogP contribution in [0.3, 0.4) is 0 Å². The first-order chi connectivity index (χ1) is 12.2. The summed E-state index contributed by atoms with van der Waals surface area (Å²) >= 11 is 6.24. The molecule has 0 bridgehead atoms. The van der Waals surface area contributed by atoms with Crippen LogP contribution in [-0.4, -0.2) is 50.1 Å². The first kappa shape index (κ1) is 19.0. The van der Waals surface area contributed by atoms with Gasteiger partial charge < -0.3 is 15.5 Å². The average Bonchev–Trinajstić information content (AvgIpc) is 2.82. The number of nitrogens with one attached hydrogen (secondary N) is 1. The summed E-state index contributed by atoms with van der Waals surface area (Å²) in [5.41, 5.74) is 2.53. The van der Waals surface area contributed by atoms with Crippen LogP contribution in [0.25, 0.3) is 0 Å². The summed E-state index contributed by atoms with van der Waals surface area (Å²) in [4.78, 5) is 0.222. The zero-order valence-corrected chi connectivity index (χ0v) is 16.1. The van der Waals surface area contributed by atoms with Crippen LogP contribution in [-0.2, 0) is 16.4 Å². The van der Waals surface area contributed by atoms with Crippen molar-refractivity contribution >= 4 is 21.6 Å². The van der Waals surface area contributed by atoms with Gasteiger partial charge in [-0.1, -0.05) is 23.7 Å². The molecule has 0 saturated heterocycles. The van der Waals surface area contributed by atoms with Gasteiger partial charge in [0.15, 0.2) is 11.5 Å². The van der Waals surface area contributed by atoms with Crippen molar-refractivity contribution in [3.8, 4) is 11.5 Å². The molecule has 3 rings (SSSR count). The highest BCUT2D eigenvalue weighted by Gasteiger charge is 2.26. The fourth-order valence-corrected chi connectivity index (χ4v) is 4.40. The van der Waals surface area contributed by atoms with Crippen LogP contribution in [0.1, 0.15) is 22.6 Å². The molecule has 1 atom stereocenters. The predicted octanol–water partition coefficient (Wildman–Crippen LogP) is 2.28. The van der Waals surface area contributed by atoms with Gasteiger partial charge in [0.2, 0.25) is 10.0 Å². The molecule has 2 aromatic rings. The Hall–Kier alpha value is -1.80. The second-order valence-corrected chi connectivity index (χ2v) is 9.02. The molecule has 3 N–H and O–H groups in total. The zero-order chi connectivity index (χ0) is 19.1. The van der Waals surface area contributed by atoms with Gasteiger partial charge in [0.1, 0.15) is 0 Å². The third-order valence-corrected chi connectivity index (χ3v) is 6.93. The van der Waals surface area contributed by atoms with Gasteiger partial charge >= 0.3 is 0 Å². The number of rotatable bonds is 3. The number of hydrogen-bond donors (Lipinski definition) is 3. The van der Waals surface area contributed by atoms with Crippen molar-refractivity contribution in [1.29, 1.82) is 0 Å². The van der Waals surface area contributed by atoms with E-state index in [9.17, 15) is 18.6 Å². The largest absolute Gasteiger partial charge is 0.504 e. The number of hydrogen-bond acceptors (Lipinski definition) is 5. The number of fused-ring (bicyclic) bond motifs is 1. The maximum Gasteiger partial charge on any atom is 0.242 e. The summed E-state index contributed by atoms with van der Waals surface area (Å²) in [7, 11) is -0.504. The van der Waals surface area contributed by atoms with Crippen molar-refractivity contribution in [2.75, 3.05) is 27.2 Å². The van der Waals surface area contributed by atoms with Gasteiger partial charge in [0.05, 0.1) is 9.92 Å². The number of nitrogens with zero attached hydrogens (tertiary/aromatic N) is 1. The van der Waals surface area contributed by atoms with E-state index in [4.69, 9.17) is 11.6 Å². The highest BCUT2D eigenvalue weighted by molar-refractivity contribution is 7.89. The number of halogens is 1. The quantitative estimate of drug-likeness (QED) is 0.692. The fourth-order valence-electron chi connectivity index (χ4n) is 3.20. The molecular formula is C18H21ClN2O4S. The Morgan fingerprint density at radius 1 is 1.19 bits per heavy atom. The summed E-state index contributed by atoms with van der Waals surface area (Å²) in [5.74, 6) is -0.682. The fraction of sp³-hybridized carbons (Fsp3) is 0.333. The number of phenolic OH excluding ortho intramolecular Hbond substituents is 2. The van der Waals surface area contributed by atoms with Crippen molar-refractivity contribution in [2.45, 2.75) is 17.2 Å². The molecule has 0 saturated carbocycles. The average molecular weight is 397 g/mol. The minimum Gasteiger partial charge on any atom is -0.504 e. The maximum atomic E-state index is 12.2. The third kappa shape index (κ3) is 3.27. The van der Waals surface area contributed by atoms with E-state index in [1.54, 1.807) is 30.3 Å². The van der Waals surface area contributed by atoms with Crippen molar-refractivity contribution in [1.82, 2.24) is 9.62 Å². The molecule has 2 aromatic carbocycles. The predicted molar refractivity (Wildman–Crippen MR) is 101 cm³/mol. The lowest BCUT2D eigenvalue weighted by Gasteiger charge is -2.20. The molecule has 1 aliphatic rings. The summed E-state index contributed by atoms with van der Waals surface area (Å²) in [5, 5.41) is 23.4. The minimum absolute atomic E-state index is 0.118. The Labute approximate surface area is 158 Å². The van der Waals surface area contributed by atoms with E-state index in [1.165, 1.54) is 18.4 Å². The zero-order valence-electron chi connectivity index (χ0n) is 14.5. The molecule has 0 amide bonds. The summed E-state index contributed by atoms with van der Waals surface area (Å²) in [6, 6.07) is 8.25. The first-order valence-electron chi connectivity index (χ1n) is 8.20. The van der Waals surface area contributed by atoms with Crippen LogP contribution in [0.15, 0.2) is 35.2 Å². The Morgan fingerprint density at radius 2 is 1.85 bits per heavy atom. The highest BCUT2D eigenvalue weighted by Crippen LogP contribution is 2.42. The lowest BCUT2D eigenvalue weighted by atomic mass is 9.87. The van der Waals surface area contributed by atoms with Crippen LogP contribution >= 0.6 is 11.6 Å². The van der Waals surface area contributed by atoms with E-state index in [0.717, 1.165) is 16.7 Å². The van der Waals surface area contributed by atoms with Crippen LogP contribution < -0.4 is 5.32 Å². The minimum atomic E-state index is -3.49. The molecule has 0 radical (unpaired) electrons. The smallest absolute Gasteiger partial charge is 0.242 e. The molecule has 26 heavy (non-hydrogen) atoms. The van der Waals surface area contributed by atoms with E-state index in [1.807, 2.05) is 0 Å². The summed E-state index contributed by atoms with van der Waals surface area (Å²) in [6.45, 7) is 1.31. The molecule has 1 aliphatic heterocycles. The van der Waals surface area contributed by atoms with Crippen LogP contribution in [0.4, 0.5) is 0 Å². The second-order valence-electron chi connectivity index (χ2n) is 6.49. The lowest BCUT2D eigenvalue weighted by Crippen LogP contribution is -2.23. The second kappa shape index (κ2) is 7.08. The third-order valence-electron chi connectivity index (χ3n) is 4.69. The highest BCUT2D eigenvalue weighted by atomic mass is 35.5. The van der Waals surface area contributed by atoms with Gasteiger partial charge in [0, 0.05) is 26.6 Å². The molecule has 140 valence electrons. The van der Waals surface area contributed by atoms with E-state index in [-0.39, 0.29) is 27.3 Å². The Balaban J connectivity index is 2.06. The molecule has 0 fully saturated rings. The standard InChI is InChI=1S/C18H21ClN2O4S/c1-21(2)26(24,25)12-5-3-11(4-6-12)15-10-20-8-7-13-14(15)9-16(22)18(23)17(13)19/h3-6,9,15,20,22-23H,7-8,10H2,1-2H3. The van der Waals surface area contributed by atoms with Gasteiger partial charge in [-0.05, 0) is 47.9 Å². The van der Waals surface area contributed by atoms with E-state index < -0.39 is 10.0 Å². The monoisotopic (exact) mass is 396 g/mol. The molecule has 1 unspecified atom stereocenters. The van der Waals surface area contributed by atoms with Crippen molar-refractivity contribution in [3.63, 3.8) is 0 Å².